The van der Waals surface area contributed by atoms with Crippen molar-refractivity contribution in [2.75, 3.05) is 0 Å². The molecule has 1 aliphatic rings. The lowest BCUT2D eigenvalue weighted by atomic mass is 9.90. The molecule has 0 saturated heterocycles. The van der Waals surface area contributed by atoms with Gasteiger partial charge < -0.3 is 0 Å². The van der Waals surface area contributed by atoms with Crippen LogP contribution in [-0.4, -0.2) is 4.57 Å². The smallest absolute Gasteiger partial charge is 0.273 e. The fourth-order valence-electron chi connectivity index (χ4n) is 2.95. The van der Waals surface area contributed by atoms with Gasteiger partial charge in [0.25, 0.3) is 5.56 Å². The van der Waals surface area contributed by atoms with Crippen LogP contribution in [-0.2, 0) is 12.8 Å². The van der Waals surface area contributed by atoms with Crippen molar-refractivity contribution in [2.45, 2.75) is 32.6 Å². The van der Waals surface area contributed by atoms with Gasteiger partial charge in [0.05, 0.1) is 5.69 Å². The first-order valence-corrected chi connectivity index (χ1v) is 6.96. The summed E-state index contributed by atoms with van der Waals surface area (Å²) in [4.78, 5) is 12.6. The molecule has 0 N–H and O–H groups in total. The van der Waals surface area contributed by atoms with Crippen molar-refractivity contribution in [3.05, 3.63) is 63.1 Å². The predicted molar refractivity (Wildman–Crippen MR) is 78.1 cm³/mol. The van der Waals surface area contributed by atoms with Gasteiger partial charge >= 0.3 is 0 Å². The van der Waals surface area contributed by atoms with E-state index in [1.54, 1.807) is 4.57 Å². The minimum Gasteiger partial charge on any atom is -0.283 e. The number of para-hydroxylation sites is 1. The molecule has 0 spiro atoms. The lowest BCUT2D eigenvalue weighted by molar-refractivity contribution is 0.673. The zero-order chi connectivity index (χ0) is 14.1. The number of aromatic nitrogens is 1. The summed E-state index contributed by atoms with van der Waals surface area (Å²) >= 11 is 0. The van der Waals surface area contributed by atoms with Gasteiger partial charge in [0.15, 0.2) is 0 Å². The van der Waals surface area contributed by atoms with Gasteiger partial charge in [-0.25, -0.2) is 0 Å². The van der Waals surface area contributed by atoms with E-state index < -0.39 is 0 Å². The third-order valence-electron chi connectivity index (χ3n) is 4.02. The molecule has 3 heteroatoms. The maximum Gasteiger partial charge on any atom is 0.273 e. The summed E-state index contributed by atoms with van der Waals surface area (Å²) in [6.07, 6.45) is 5.93. The van der Waals surface area contributed by atoms with Crippen LogP contribution in [0, 0.1) is 18.3 Å². The van der Waals surface area contributed by atoms with Crippen molar-refractivity contribution in [2.24, 2.45) is 0 Å². The molecule has 1 heterocycles. The molecule has 2 aromatic rings. The number of nitriles is 1. The summed E-state index contributed by atoms with van der Waals surface area (Å²) in [5.41, 5.74) is 4.15. The molecule has 1 aliphatic carbocycles. The van der Waals surface area contributed by atoms with E-state index in [0.717, 1.165) is 48.1 Å². The molecular formula is C17H16N2O. The number of hydrogen-bond donors (Lipinski definition) is 0. The van der Waals surface area contributed by atoms with Gasteiger partial charge in [0.1, 0.15) is 11.6 Å². The van der Waals surface area contributed by atoms with Crippen LogP contribution in [0.5, 0.6) is 0 Å². The SMILES string of the molecule is Cc1ccccc1-n1cc2c(c(C#N)c1=O)CCCC2. The van der Waals surface area contributed by atoms with E-state index in [-0.39, 0.29) is 5.56 Å². The third-order valence-corrected chi connectivity index (χ3v) is 4.02. The highest BCUT2D eigenvalue weighted by Crippen LogP contribution is 2.23. The lowest BCUT2D eigenvalue weighted by Crippen LogP contribution is -2.26. The molecule has 1 aromatic carbocycles. The minimum absolute atomic E-state index is 0.192. The van der Waals surface area contributed by atoms with Crippen LogP contribution in [0.15, 0.2) is 35.3 Å². The van der Waals surface area contributed by atoms with Gasteiger partial charge in [0.2, 0.25) is 0 Å². The molecule has 0 bridgehead atoms. The Labute approximate surface area is 118 Å². The normalized spacial score (nSPS) is 13.6. The fourth-order valence-corrected chi connectivity index (χ4v) is 2.95. The first kappa shape index (κ1) is 12.7. The molecule has 3 nitrogen and oxygen atoms in total. The number of benzene rings is 1. The fraction of sp³-hybridized carbons (Fsp3) is 0.294. The van der Waals surface area contributed by atoms with E-state index in [1.165, 1.54) is 0 Å². The standard InChI is InChI=1S/C17H16N2O/c1-12-6-2-5-9-16(12)19-11-13-7-3-4-8-14(13)15(10-18)17(19)20/h2,5-6,9,11H,3-4,7-8H2,1H3. The number of fused-ring (bicyclic) bond motifs is 1. The molecule has 0 fully saturated rings. The van der Waals surface area contributed by atoms with Crippen LogP contribution in [0.3, 0.4) is 0 Å². The first-order valence-electron chi connectivity index (χ1n) is 6.96. The van der Waals surface area contributed by atoms with Crippen LogP contribution in [0.1, 0.15) is 35.1 Å². The van der Waals surface area contributed by atoms with Gasteiger partial charge in [-0.15, -0.1) is 0 Å². The Bertz CT molecular complexity index is 766. The summed E-state index contributed by atoms with van der Waals surface area (Å²) in [7, 11) is 0. The quantitative estimate of drug-likeness (QED) is 0.795. The maximum absolute atomic E-state index is 12.6. The van der Waals surface area contributed by atoms with Crippen LogP contribution in [0.4, 0.5) is 0 Å². The molecule has 3 rings (SSSR count). The molecule has 20 heavy (non-hydrogen) atoms. The van der Waals surface area contributed by atoms with Crippen molar-refractivity contribution in [1.29, 1.82) is 5.26 Å². The molecule has 0 amide bonds. The van der Waals surface area contributed by atoms with E-state index in [4.69, 9.17) is 0 Å². The largest absolute Gasteiger partial charge is 0.283 e. The zero-order valence-corrected chi connectivity index (χ0v) is 11.5. The number of hydrogen-bond acceptors (Lipinski definition) is 2. The Morgan fingerprint density at radius 2 is 1.95 bits per heavy atom. The summed E-state index contributed by atoms with van der Waals surface area (Å²) in [5.74, 6) is 0. The van der Waals surface area contributed by atoms with Crippen molar-refractivity contribution < 1.29 is 0 Å². The Balaban J connectivity index is 2.31. The first-order chi connectivity index (χ1) is 9.72. The molecule has 0 aliphatic heterocycles. The van der Waals surface area contributed by atoms with E-state index >= 15 is 0 Å². The molecule has 0 atom stereocenters. The molecule has 0 unspecified atom stereocenters. The highest BCUT2D eigenvalue weighted by Gasteiger charge is 2.19. The van der Waals surface area contributed by atoms with E-state index in [2.05, 4.69) is 6.07 Å². The summed E-state index contributed by atoms with van der Waals surface area (Å²) < 4.78 is 1.64. The monoisotopic (exact) mass is 264 g/mol. The van der Waals surface area contributed by atoms with Crippen molar-refractivity contribution in [3.8, 4) is 11.8 Å². The van der Waals surface area contributed by atoms with Gasteiger partial charge in [-0.05, 0) is 55.4 Å². The van der Waals surface area contributed by atoms with E-state index in [0.29, 0.717) is 5.56 Å². The second-order valence-corrected chi connectivity index (χ2v) is 5.29. The lowest BCUT2D eigenvalue weighted by Gasteiger charge is -2.19. The zero-order valence-electron chi connectivity index (χ0n) is 11.5. The summed E-state index contributed by atoms with van der Waals surface area (Å²) in [6.45, 7) is 1.98. The third kappa shape index (κ3) is 1.94. The number of aryl methyl sites for hydroxylation is 2. The predicted octanol–water partition coefficient (Wildman–Crippen LogP) is 2.90. The second kappa shape index (κ2) is 4.97. The summed E-state index contributed by atoms with van der Waals surface area (Å²) in [6, 6.07) is 9.89. The molecule has 100 valence electrons. The van der Waals surface area contributed by atoms with Crippen molar-refractivity contribution in [3.63, 3.8) is 0 Å². The molecule has 1 aromatic heterocycles. The van der Waals surface area contributed by atoms with Gasteiger partial charge in [-0.3, -0.25) is 9.36 Å². The molecular weight excluding hydrogens is 248 g/mol. The van der Waals surface area contributed by atoms with Gasteiger partial charge in [-0.2, -0.15) is 5.26 Å². The highest BCUT2D eigenvalue weighted by atomic mass is 16.1. The van der Waals surface area contributed by atoms with Gasteiger partial charge in [-0.1, -0.05) is 18.2 Å². The van der Waals surface area contributed by atoms with Crippen LogP contribution in [0.25, 0.3) is 5.69 Å². The average molecular weight is 264 g/mol. The van der Waals surface area contributed by atoms with Crippen molar-refractivity contribution >= 4 is 0 Å². The van der Waals surface area contributed by atoms with E-state index in [1.807, 2.05) is 37.4 Å². The second-order valence-electron chi connectivity index (χ2n) is 5.29. The maximum atomic E-state index is 12.6. The van der Waals surface area contributed by atoms with Gasteiger partial charge in [0, 0.05) is 6.20 Å². The summed E-state index contributed by atoms with van der Waals surface area (Å²) in [5, 5.41) is 9.35. The Kier molecular flexibility index (Phi) is 3.15. The van der Waals surface area contributed by atoms with Crippen molar-refractivity contribution in [1.82, 2.24) is 4.57 Å². The Morgan fingerprint density at radius 1 is 1.20 bits per heavy atom. The Morgan fingerprint density at radius 3 is 2.70 bits per heavy atom. The number of pyridine rings is 1. The highest BCUT2D eigenvalue weighted by molar-refractivity contribution is 5.47. The number of rotatable bonds is 1. The molecule has 0 saturated carbocycles. The Hall–Kier alpha value is -2.34. The van der Waals surface area contributed by atoms with Crippen LogP contribution < -0.4 is 5.56 Å². The molecule has 0 radical (unpaired) electrons. The average Bonchev–Trinajstić information content (AvgIpc) is 2.47. The van der Waals surface area contributed by atoms with Crippen LogP contribution in [0.2, 0.25) is 0 Å². The minimum atomic E-state index is -0.192. The van der Waals surface area contributed by atoms with Crippen LogP contribution >= 0.6 is 0 Å². The van der Waals surface area contributed by atoms with E-state index in [9.17, 15) is 10.1 Å². The number of nitrogens with zero attached hydrogens (tertiary/aromatic N) is 2. The topological polar surface area (TPSA) is 45.8 Å².